The van der Waals surface area contributed by atoms with Gasteiger partial charge in [0.2, 0.25) is 0 Å². The van der Waals surface area contributed by atoms with Gasteiger partial charge in [-0.3, -0.25) is 19.5 Å². The molecule has 6 nitrogen and oxygen atoms in total. The predicted octanol–water partition coefficient (Wildman–Crippen LogP) is 6.32. The molecule has 1 fully saturated rings. The number of pyridine rings is 1. The standard InChI is InChI=1S/C24H18BrClN2O4S/c1-31-20-11-15(10-18(25)22(20)32-14-17-7-4-5-9-27-17)12-21-23(29)28(24(30)33-21)13-16-6-2-3-8-19(16)26/h2-12H,13-14H2,1H3/b21-12+. The molecule has 2 heterocycles. The average Bonchev–Trinajstić information content (AvgIpc) is 3.07. The molecule has 3 aromatic rings. The van der Waals surface area contributed by atoms with Crippen molar-refractivity contribution in [3.8, 4) is 11.5 Å². The highest BCUT2D eigenvalue weighted by Crippen LogP contribution is 2.39. The highest BCUT2D eigenvalue weighted by Gasteiger charge is 2.35. The topological polar surface area (TPSA) is 68.7 Å². The number of methoxy groups -OCH3 is 1. The Labute approximate surface area is 208 Å². The quantitative estimate of drug-likeness (QED) is 0.324. The lowest BCUT2D eigenvalue weighted by Gasteiger charge is -2.14. The van der Waals surface area contributed by atoms with E-state index in [1.807, 2.05) is 24.3 Å². The van der Waals surface area contributed by atoms with Gasteiger partial charge in [0.05, 0.1) is 28.7 Å². The lowest BCUT2D eigenvalue weighted by molar-refractivity contribution is -0.123. The molecule has 0 radical (unpaired) electrons. The minimum atomic E-state index is -0.365. The van der Waals surface area contributed by atoms with Crippen LogP contribution in [0.3, 0.4) is 0 Å². The van der Waals surface area contributed by atoms with Crippen LogP contribution in [0, 0.1) is 0 Å². The summed E-state index contributed by atoms with van der Waals surface area (Å²) in [5.74, 6) is 0.643. The zero-order chi connectivity index (χ0) is 23.4. The number of halogens is 2. The smallest absolute Gasteiger partial charge is 0.293 e. The molecule has 0 N–H and O–H groups in total. The summed E-state index contributed by atoms with van der Waals surface area (Å²) in [5, 5.41) is 0.169. The largest absolute Gasteiger partial charge is 0.493 e. The van der Waals surface area contributed by atoms with Crippen molar-refractivity contribution < 1.29 is 19.1 Å². The van der Waals surface area contributed by atoms with Crippen molar-refractivity contribution in [2.45, 2.75) is 13.2 Å². The summed E-state index contributed by atoms with van der Waals surface area (Å²) in [6.07, 6.45) is 3.36. The molecule has 2 amide bonds. The molecule has 1 aliphatic heterocycles. The van der Waals surface area contributed by atoms with E-state index in [4.69, 9.17) is 21.1 Å². The number of carbonyl (C=O) groups excluding carboxylic acids is 2. The maximum Gasteiger partial charge on any atom is 0.293 e. The number of rotatable bonds is 7. The lowest BCUT2D eigenvalue weighted by Crippen LogP contribution is -2.27. The maximum absolute atomic E-state index is 12.9. The number of ether oxygens (including phenoxy) is 2. The number of carbonyl (C=O) groups is 2. The number of aromatic nitrogens is 1. The van der Waals surface area contributed by atoms with E-state index in [9.17, 15) is 9.59 Å². The van der Waals surface area contributed by atoms with Crippen molar-refractivity contribution >= 4 is 56.5 Å². The number of thioether (sulfide) groups is 1. The molecule has 1 saturated heterocycles. The van der Waals surface area contributed by atoms with Crippen LogP contribution in [0.25, 0.3) is 6.08 Å². The van der Waals surface area contributed by atoms with Gasteiger partial charge in [-0.2, -0.15) is 0 Å². The van der Waals surface area contributed by atoms with Crippen LogP contribution < -0.4 is 9.47 Å². The van der Waals surface area contributed by atoms with Gasteiger partial charge < -0.3 is 9.47 Å². The zero-order valence-corrected chi connectivity index (χ0v) is 20.6. The molecule has 0 bridgehead atoms. The summed E-state index contributed by atoms with van der Waals surface area (Å²) in [4.78, 5) is 31.1. The van der Waals surface area contributed by atoms with E-state index in [2.05, 4.69) is 20.9 Å². The lowest BCUT2D eigenvalue weighted by atomic mass is 10.1. The Morgan fingerprint density at radius 1 is 1.15 bits per heavy atom. The highest BCUT2D eigenvalue weighted by molar-refractivity contribution is 9.10. The van der Waals surface area contributed by atoms with E-state index in [1.165, 1.54) is 12.0 Å². The van der Waals surface area contributed by atoms with E-state index in [-0.39, 0.29) is 24.3 Å². The Balaban J connectivity index is 1.54. The monoisotopic (exact) mass is 544 g/mol. The summed E-state index contributed by atoms with van der Waals surface area (Å²) >= 11 is 10.6. The fourth-order valence-electron chi connectivity index (χ4n) is 3.18. The minimum absolute atomic E-state index is 0.120. The second kappa shape index (κ2) is 10.4. The fraction of sp³-hybridized carbons (Fsp3) is 0.125. The molecule has 0 aliphatic carbocycles. The number of amides is 2. The fourth-order valence-corrected chi connectivity index (χ4v) is 4.79. The van der Waals surface area contributed by atoms with Crippen molar-refractivity contribution in [2.75, 3.05) is 7.11 Å². The summed E-state index contributed by atoms with van der Waals surface area (Å²) in [6.45, 7) is 0.394. The molecule has 1 aromatic heterocycles. The zero-order valence-electron chi connectivity index (χ0n) is 17.5. The van der Waals surface area contributed by atoms with Gasteiger partial charge in [0.15, 0.2) is 11.5 Å². The normalized spacial score (nSPS) is 14.8. The highest BCUT2D eigenvalue weighted by atomic mass is 79.9. The first kappa shape index (κ1) is 23.4. The molecule has 1 aliphatic rings. The van der Waals surface area contributed by atoms with Crippen molar-refractivity contribution in [2.24, 2.45) is 0 Å². The first-order chi connectivity index (χ1) is 16.0. The molecule has 168 valence electrons. The first-order valence-electron chi connectivity index (χ1n) is 9.85. The van der Waals surface area contributed by atoms with E-state index in [1.54, 1.807) is 42.6 Å². The van der Waals surface area contributed by atoms with Gasteiger partial charge in [0.25, 0.3) is 11.1 Å². The van der Waals surface area contributed by atoms with Crippen molar-refractivity contribution in [1.29, 1.82) is 0 Å². The van der Waals surface area contributed by atoms with Gasteiger partial charge in [-0.1, -0.05) is 35.9 Å². The minimum Gasteiger partial charge on any atom is -0.493 e. The Bertz CT molecular complexity index is 1240. The number of imide groups is 1. The maximum atomic E-state index is 12.9. The molecule has 9 heteroatoms. The summed E-state index contributed by atoms with van der Waals surface area (Å²) in [5.41, 5.74) is 2.18. The van der Waals surface area contributed by atoms with Crippen LogP contribution in [0.1, 0.15) is 16.8 Å². The number of hydrogen-bond donors (Lipinski definition) is 0. The average molecular weight is 546 g/mol. The molecule has 2 aromatic carbocycles. The van der Waals surface area contributed by atoms with Gasteiger partial charge in [-0.05, 0) is 75.2 Å². The molecule has 0 atom stereocenters. The van der Waals surface area contributed by atoms with Gasteiger partial charge in [0, 0.05) is 11.2 Å². The molecular formula is C24H18BrClN2O4S. The molecule has 33 heavy (non-hydrogen) atoms. The molecule has 0 unspecified atom stereocenters. The van der Waals surface area contributed by atoms with Crippen LogP contribution in [0.15, 0.2) is 70.2 Å². The third kappa shape index (κ3) is 5.40. The Hall–Kier alpha value is -2.81. The Morgan fingerprint density at radius 3 is 2.67 bits per heavy atom. The van der Waals surface area contributed by atoms with Crippen molar-refractivity contribution in [1.82, 2.24) is 9.88 Å². The van der Waals surface area contributed by atoms with Gasteiger partial charge in [-0.15, -0.1) is 0 Å². The van der Waals surface area contributed by atoms with Crippen LogP contribution in [-0.2, 0) is 17.9 Å². The second-order valence-electron chi connectivity index (χ2n) is 7.00. The van der Waals surface area contributed by atoms with Gasteiger partial charge >= 0.3 is 0 Å². The number of hydrogen-bond acceptors (Lipinski definition) is 6. The second-order valence-corrected chi connectivity index (χ2v) is 9.26. The Kier molecular flexibility index (Phi) is 7.37. The van der Waals surface area contributed by atoms with Crippen LogP contribution in [0.5, 0.6) is 11.5 Å². The number of benzene rings is 2. The summed E-state index contributed by atoms with van der Waals surface area (Å²) < 4.78 is 12.0. The third-order valence-electron chi connectivity index (χ3n) is 4.80. The van der Waals surface area contributed by atoms with Crippen molar-refractivity contribution in [3.05, 3.63) is 92.0 Å². The summed E-state index contributed by atoms with van der Waals surface area (Å²) in [7, 11) is 1.54. The molecular weight excluding hydrogens is 528 g/mol. The third-order valence-corrected chi connectivity index (χ3v) is 6.67. The molecule has 0 spiro atoms. The van der Waals surface area contributed by atoms with Crippen molar-refractivity contribution in [3.63, 3.8) is 0 Å². The molecule has 0 saturated carbocycles. The van der Waals surface area contributed by atoms with Gasteiger partial charge in [0.1, 0.15) is 6.61 Å². The van der Waals surface area contributed by atoms with E-state index in [0.29, 0.717) is 37.0 Å². The van der Waals surface area contributed by atoms with Crippen LogP contribution in [0.4, 0.5) is 4.79 Å². The van der Waals surface area contributed by atoms with Crippen LogP contribution >= 0.6 is 39.3 Å². The van der Waals surface area contributed by atoms with Crippen LogP contribution in [0.2, 0.25) is 5.02 Å². The van der Waals surface area contributed by atoms with E-state index >= 15 is 0 Å². The first-order valence-corrected chi connectivity index (χ1v) is 11.8. The number of nitrogens with zero attached hydrogens (tertiary/aromatic N) is 2. The molecule has 4 rings (SSSR count). The Morgan fingerprint density at radius 2 is 1.94 bits per heavy atom. The SMILES string of the molecule is COc1cc(/C=C2/SC(=O)N(Cc3ccccc3Cl)C2=O)cc(Br)c1OCc1ccccn1. The van der Waals surface area contributed by atoms with Gasteiger partial charge in [-0.25, -0.2) is 0 Å². The predicted molar refractivity (Wildman–Crippen MR) is 132 cm³/mol. The van der Waals surface area contributed by atoms with Crippen LogP contribution in [-0.4, -0.2) is 28.1 Å². The summed E-state index contributed by atoms with van der Waals surface area (Å²) in [6, 6.07) is 16.3. The van der Waals surface area contributed by atoms with E-state index < -0.39 is 0 Å². The van der Waals surface area contributed by atoms with E-state index in [0.717, 1.165) is 17.5 Å².